The lowest BCUT2D eigenvalue weighted by molar-refractivity contribution is -0.146. The van der Waals surface area contributed by atoms with Crippen LogP contribution in [0.5, 0.6) is 0 Å². The summed E-state index contributed by atoms with van der Waals surface area (Å²) >= 11 is 3.32. The molecule has 1 fully saturated rings. The topological polar surface area (TPSA) is 90.9 Å². The number of halogens is 1. The highest BCUT2D eigenvalue weighted by Crippen LogP contribution is 2.14. The Morgan fingerprint density at radius 2 is 1.76 bits per heavy atom. The Morgan fingerprint density at radius 1 is 1.12 bits per heavy atom. The number of nitrogens with zero attached hydrogens (tertiary/aromatic N) is 2. The molecule has 7 nitrogen and oxygen atoms in total. The summed E-state index contributed by atoms with van der Waals surface area (Å²) in [7, 11) is 0. The van der Waals surface area contributed by atoms with E-state index in [0.717, 1.165) is 23.7 Å². The van der Waals surface area contributed by atoms with Crippen LogP contribution in [0.3, 0.4) is 0 Å². The molecule has 8 heteroatoms. The van der Waals surface area contributed by atoms with Crippen molar-refractivity contribution in [2.75, 3.05) is 18.4 Å². The van der Waals surface area contributed by atoms with Crippen molar-refractivity contribution in [2.45, 2.75) is 32.6 Å². The van der Waals surface area contributed by atoms with Crippen molar-refractivity contribution in [1.82, 2.24) is 10.3 Å². The van der Waals surface area contributed by atoms with Gasteiger partial charge < -0.3 is 10.2 Å². The van der Waals surface area contributed by atoms with E-state index in [4.69, 9.17) is 0 Å². The fourth-order valence-electron chi connectivity index (χ4n) is 2.44. The van der Waals surface area contributed by atoms with E-state index in [1.165, 1.54) is 4.90 Å². The number of hydrogen-bond donors (Lipinski definition) is 2. The Balaban J connectivity index is 1.79. The van der Waals surface area contributed by atoms with Crippen LogP contribution in [0.1, 0.15) is 32.6 Å². The number of rotatable bonds is 4. The zero-order chi connectivity index (χ0) is 18.2. The minimum absolute atomic E-state index is 0.0221. The Bertz CT molecular complexity index is 667. The van der Waals surface area contributed by atoms with Gasteiger partial charge in [-0.3, -0.25) is 14.4 Å². The summed E-state index contributed by atoms with van der Waals surface area (Å²) in [6, 6.07) is 7.19. The van der Waals surface area contributed by atoms with Crippen LogP contribution in [0, 0.1) is 0 Å². The van der Waals surface area contributed by atoms with Crippen LogP contribution in [-0.4, -0.2) is 41.4 Å². The maximum Gasteiger partial charge on any atom is 0.329 e. The molecule has 25 heavy (non-hydrogen) atoms. The van der Waals surface area contributed by atoms with Crippen LogP contribution >= 0.6 is 15.9 Å². The number of carbonyl (C=O) groups is 3. The van der Waals surface area contributed by atoms with E-state index in [9.17, 15) is 14.4 Å². The van der Waals surface area contributed by atoms with Crippen molar-refractivity contribution < 1.29 is 14.4 Å². The van der Waals surface area contributed by atoms with Gasteiger partial charge >= 0.3 is 11.8 Å². The Hall–Kier alpha value is -2.22. The van der Waals surface area contributed by atoms with Crippen molar-refractivity contribution in [2.24, 2.45) is 5.10 Å². The normalized spacial score (nSPS) is 14.8. The number of hydrazone groups is 1. The van der Waals surface area contributed by atoms with E-state index in [2.05, 4.69) is 31.8 Å². The Kier molecular flexibility index (Phi) is 7.12. The Morgan fingerprint density at radius 3 is 2.40 bits per heavy atom. The van der Waals surface area contributed by atoms with Gasteiger partial charge in [0.05, 0.1) is 6.42 Å². The van der Waals surface area contributed by atoms with E-state index >= 15 is 0 Å². The van der Waals surface area contributed by atoms with Crippen LogP contribution in [-0.2, 0) is 14.4 Å². The van der Waals surface area contributed by atoms with Gasteiger partial charge in [-0.15, -0.1) is 0 Å². The largest absolute Gasteiger partial charge is 0.334 e. The van der Waals surface area contributed by atoms with E-state index in [1.807, 2.05) is 12.1 Å². The third-order valence-electron chi connectivity index (χ3n) is 3.73. The minimum atomic E-state index is -0.769. The molecule has 1 aromatic carbocycles. The van der Waals surface area contributed by atoms with Crippen LogP contribution < -0.4 is 10.7 Å². The molecule has 0 aromatic heterocycles. The lowest BCUT2D eigenvalue weighted by Crippen LogP contribution is -2.44. The summed E-state index contributed by atoms with van der Waals surface area (Å²) in [5.41, 5.74) is 3.31. The van der Waals surface area contributed by atoms with Gasteiger partial charge in [-0.1, -0.05) is 15.9 Å². The summed E-state index contributed by atoms with van der Waals surface area (Å²) in [5, 5.41) is 6.57. The number of nitrogens with one attached hydrogen (secondary N) is 2. The van der Waals surface area contributed by atoms with E-state index in [0.29, 0.717) is 24.5 Å². The molecule has 0 spiro atoms. The molecule has 0 aliphatic carbocycles. The highest BCUT2D eigenvalue weighted by atomic mass is 79.9. The molecule has 1 aliphatic rings. The van der Waals surface area contributed by atoms with Gasteiger partial charge in [0.25, 0.3) is 0 Å². The van der Waals surface area contributed by atoms with E-state index in [-0.39, 0.29) is 12.3 Å². The molecular formula is C17H21BrN4O3. The molecule has 0 atom stereocenters. The zero-order valence-electron chi connectivity index (χ0n) is 14.0. The SMILES string of the molecule is C/C(CC(=O)Nc1ccc(Br)cc1)=N/NC(=O)C(=O)N1CCCCC1. The second kappa shape index (κ2) is 9.31. The number of likely N-dealkylation sites (tertiary alicyclic amines) is 1. The number of piperidine rings is 1. The van der Waals surface area contributed by atoms with Gasteiger partial charge in [0, 0.05) is 29.0 Å². The van der Waals surface area contributed by atoms with E-state index < -0.39 is 11.8 Å². The highest BCUT2D eigenvalue weighted by Gasteiger charge is 2.23. The number of carbonyl (C=O) groups excluding carboxylic acids is 3. The van der Waals surface area contributed by atoms with Crippen LogP contribution in [0.25, 0.3) is 0 Å². The summed E-state index contributed by atoms with van der Waals surface area (Å²) < 4.78 is 0.921. The molecule has 3 amide bonds. The molecule has 2 rings (SSSR count). The molecule has 1 saturated heterocycles. The first-order valence-electron chi connectivity index (χ1n) is 8.13. The Labute approximate surface area is 155 Å². The number of amides is 3. The number of hydrogen-bond acceptors (Lipinski definition) is 4. The fourth-order valence-corrected chi connectivity index (χ4v) is 2.71. The molecule has 0 saturated carbocycles. The van der Waals surface area contributed by atoms with Gasteiger partial charge in [-0.05, 0) is 50.5 Å². The van der Waals surface area contributed by atoms with Crippen LogP contribution in [0.4, 0.5) is 5.69 Å². The molecule has 0 bridgehead atoms. The smallest absolute Gasteiger partial charge is 0.329 e. The molecular weight excluding hydrogens is 388 g/mol. The molecule has 134 valence electrons. The first-order chi connectivity index (χ1) is 12.0. The second-order valence-corrected chi connectivity index (χ2v) is 6.79. The van der Waals surface area contributed by atoms with Crippen LogP contribution in [0.2, 0.25) is 0 Å². The predicted octanol–water partition coefficient (Wildman–Crippen LogP) is 2.28. The lowest BCUT2D eigenvalue weighted by Gasteiger charge is -2.25. The van der Waals surface area contributed by atoms with Crippen molar-refractivity contribution in [3.05, 3.63) is 28.7 Å². The van der Waals surface area contributed by atoms with Gasteiger partial charge in [0.1, 0.15) is 0 Å². The standard InChI is InChI=1S/C17H21BrN4O3/c1-12(11-15(23)19-14-7-5-13(18)6-8-14)20-21-16(24)17(25)22-9-3-2-4-10-22/h5-8H,2-4,9-11H2,1H3,(H,19,23)(H,21,24)/b20-12-. The zero-order valence-corrected chi connectivity index (χ0v) is 15.6. The summed E-state index contributed by atoms with van der Waals surface area (Å²) in [4.78, 5) is 37.3. The summed E-state index contributed by atoms with van der Waals surface area (Å²) in [6.45, 7) is 2.82. The monoisotopic (exact) mass is 408 g/mol. The second-order valence-electron chi connectivity index (χ2n) is 5.87. The molecule has 1 aliphatic heterocycles. The van der Waals surface area contributed by atoms with Gasteiger partial charge in [0.15, 0.2) is 0 Å². The number of anilines is 1. The predicted molar refractivity (Wildman–Crippen MR) is 99.1 cm³/mol. The molecule has 1 heterocycles. The van der Waals surface area contributed by atoms with Gasteiger partial charge in [0.2, 0.25) is 5.91 Å². The summed E-state index contributed by atoms with van der Waals surface area (Å²) in [6.07, 6.45) is 2.93. The van der Waals surface area contributed by atoms with Crippen molar-refractivity contribution >= 4 is 45.1 Å². The quantitative estimate of drug-likeness (QED) is 0.454. The maximum atomic E-state index is 12.0. The average molecular weight is 409 g/mol. The first kappa shape index (κ1) is 19.1. The van der Waals surface area contributed by atoms with Crippen LogP contribution in [0.15, 0.2) is 33.8 Å². The van der Waals surface area contributed by atoms with Gasteiger partial charge in [-0.25, -0.2) is 5.43 Å². The van der Waals surface area contributed by atoms with E-state index in [1.54, 1.807) is 19.1 Å². The first-order valence-corrected chi connectivity index (χ1v) is 8.93. The molecule has 0 unspecified atom stereocenters. The average Bonchev–Trinajstić information content (AvgIpc) is 2.61. The molecule has 0 radical (unpaired) electrons. The van der Waals surface area contributed by atoms with Crippen molar-refractivity contribution in [3.8, 4) is 0 Å². The number of benzene rings is 1. The third-order valence-corrected chi connectivity index (χ3v) is 4.26. The molecule has 1 aromatic rings. The molecule has 2 N–H and O–H groups in total. The third kappa shape index (κ3) is 6.30. The lowest BCUT2D eigenvalue weighted by atomic mass is 10.1. The van der Waals surface area contributed by atoms with Crippen molar-refractivity contribution in [1.29, 1.82) is 0 Å². The fraction of sp³-hybridized carbons (Fsp3) is 0.412. The highest BCUT2D eigenvalue weighted by molar-refractivity contribution is 9.10. The van der Waals surface area contributed by atoms with Gasteiger partial charge in [-0.2, -0.15) is 5.10 Å². The summed E-state index contributed by atoms with van der Waals surface area (Å²) in [5.74, 6) is -1.59. The minimum Gasteiger partial charge on any atom is -0.334 e. The van der Waals surface area contributed by atoms with Crippen molar-refractivity contribution in [3.63, 3.8) is 0 Å². The maximum absolute atomic E-state index is 12.0.